The third-order valence-corrected chi connectivity index (χ3v) is 7.64. The van der Waals surface area contributed by atoms with Crippen molar-refractivity contribution in [2.45, 2.75) is 37.7 Å². The zero-order valence-electron chi connectivity index (χ0n) is 22.5. The molecule has 8 nitrogen and oxygen atoms in total. The van der Waals surface area contributed by atoms with Crippen LogP contribution >= 0.6 is 23.2 Å². The van der Waals surface area contributed by atoms with Crippen LogP contribution in [0.25, 0.3) is 0 Å². The van der Waals surface area contributed by atoms with Crippen molar-refractivity contribution in [3.05, 3.63) is 93.5 Å². The lowest BCUT2D eigenvalue weighted by molar-refractivity contribution is -0.144. The molecule has 5 rings (SSSR count). The van der Waals surface area contributed by atoms with E-state index in [4.69, 9.17) is 32.7 Å². The van der Waals surface area contributed by atoms with Gasteiger partial charge in [0, 0.05) is 34.8 Å². The highest BCUT2D eigenvalue weighted by molar-refractivity contribution is 6.30. The van der Waals surface area contributed by atoms with Crippen molar-refractivity contribution in [2.75, 3.05) is 26.7 Å². The van der Waals surface area contributed by atoms with Gasteiger partial charge >= 0.3 is 0 Å². The van der Waals surface area contributed by atoms with E-state index < -0.39 is 5.66 Å². The van der Waals surface area contributed by atoms with Crippen LogP contribution in [0.5, 0.6) is 11.5 Å². The summed E-state index contributed by atoms with van der Waals surface area (Å²) >= 11 is 12.5. The fourth-order valence-corrected chi connectivity index (χ4v) is 5.55. The summed E-state index contributed by atoms with van der Waals surface area (Å²) in [6, 6.07) is 19.8. The van der Waals surface area contributed by atoms with Crippen LogP contribution in [-0.4, -0.2) is 49.6 Å². The van der Waals surface area contributed by atoms with Gasteiger partial charge in [0.15, 0.2) is 5.66 Å². The quantitative estimate of drug-likeness (QED) is 0.378. The molecule has 0 radical (unpaired) electrons. The molecular formula is C30H32Cl2N4O4. The fraction of sp³-hybridized carbons (Fsp3) is 0.333. The van der Waals surface area contributed by atoms with E-state index in [9.17, 15) is 9.59 Å². The molecule has 3 N–H and O–H groups in total. The van der Waals surface area contributed by atoms with Gasteiger partial charge in [0.05, 0.1) is 31.8 Å². The number of rotatable bonds is 7. The lowest BCUT2D eigenvalue weighted by atomic mass is 9.95. The number of nitrogens with one attached hydrogen (secondary N) is 3. The molecule has 3 aromatic rings. The predicted molar refractivity (Wildman–Crippen MR) is 155 cm³/mol. The average molecular weight is 584 g/mol. The Morgan fingerprint density at radius 3 is 2.02 bits per heavy atom. The Balaban J connectivity index is 1.70. The standard InChI is InChI=1S/C30H32Cl2N4O4/c1-18(2)40-25-16-23(39-3)12-13-24(25)30(29(38)36-15-14-33-26(37)17-36)34-27(19-4-8-21(31)9-5-19)28(35-30)20-6-10-22(32)11-7-20/h4-13,16,18,27-28,34-35H,14-15,17H2,1-3H3,(H,33,37)/t27-,28+,30?. The number of hydrogen-bond donors (Lipinski definition) is 3. The zero-order valence-corrected chi connectivity index (χ0v) is 24.1. The van der Waals surface area contributed by atoms with Crippen molar-refractivity contribution in [1.29, 1.82) is 0 Å². The van der Waals surface area contributed by atoms with Crippen LogP contribution in [0.2, 0.25) is 10.0 Å². The second-order valence-corrected chi connectivity index (χ2v) is 11.1. The Kier molecular flexibility index (Phi) is 8.24. The minimum Gasteiger partial charge on any atom is -0.497 e. The normalized spacial score (nSPS) is 22.8. The van der Waals surface area contributed by atoms with Crippen LogP contribution in [0.3, 0.4) is 0 Å². The fourth-order valence-electron chi connectivity index (χ4n) is 5.30. The zero-order chi connectivity index (χ0) is 28.4. The largest absolute Gasteiger partial charge is 0.497 e. The van der Waals surface area contributed by atoms with Crippen LogP contribution in [0.15, 0.2) is 66.7 Å². The monoisotopic (exact) mass is 582 g/mol. The van der Waals surface area contributed by atoms with Gasteiger partial charge in [-0.3, -0.25) is 20.2 Å². The SMILES string of the molecule is COc1ccc(C2(C(=O)N3CCNC(=O)C3)N[C@H](c3ccc(Cl)cc3)[C@H](c3ccc(Cl)cc3)N2)c(OC(C)C)c1. The first-order valence-electron chi connectivity index (χ1n) is 13.2. The molecule has 3 atom stereocenters. The smallest absolute Gasteiger partial charge is 0.263 e. The molecule has 2 heterocycles. The minimum absolute atomic E-state index is 0.0440. The average Bonchev–Trinajstić information content (AvgIpc) is 3.34. The van der Waals surface area contributed by atoms with Crippen LogP contribution in [0.4, 0.5) is 0 Å². The van der Waals surface area contributed by atoms with Crippen molar-refractivity contribution in [3.63, 3.8) is 0 Å². The molecule has 0 aliphatic carbocycles. The number of carbonyl (C=O) groups is 2. The molecule has 2 saturated heterocycles. The number of carbonyl (C=O) groups excluding carboxylic acids is 2. The lowest BCUT2D eigenvalue weighted by Gasteiger charge is -2.38. The van der Waals surface area contributed by atoms with Crippen LogP contribution in [-0.2, 0) is 15.3 Å². The number of halogens is 2. The van der Waals surface area contributed by atoms with Crippen LogP contribution in [0.1, 0.15) is 42.6 Å². The molecule has 0 aromatic heterocycles. The van der Waals surface area contributed by atoms with Crippen molar-refractivity contribution in [3.8, 4) is 11.5 Å². The maximum atomic E-state index is 14.6. The molecule has 2 aliphatic heterocycles. The Morgan fingerprint density at radius 2 is 1.52 bits per heavy atom. The molecule has 2 fully saturated rings. The number of nitrogens with zero attached hydrogens (tertiary/aromatic N) is 1. The molecule has 2 amide bonds. The topological polar surface area (TPSA) is 91.9 Å². The van der Waals surface area contributed by atoms with Crippen molar-refractivity contribution >= 4 is 35.0 Å². The van der Waals surface area contributed by atoms with E-state index in [1.54, 1.807) is 24.1 Å². The minimum atomic E-state index is -1.44. The lowest BCUT2D eigenvalue weighted by Crippen LogP contribution is -2.62. The summed E-state index contributed by atoms with van der Waals surface area (Å²) < 4.78 is 11.7. The third-order valence-electron chi connectivity index (χ3n) is 7.14. The van der Waals surface area contributed by atoms with Gasteiger partial charge in [0.25, 0.3) is 5.91 Å². The number of ether oxygens (including phenoxy) is 2. The maximum Gasteiger partial charge on any atom is 0.263 e. The van der Waals surface area contributed by atoms with Gasteiger partial charge < -0.3 is 19.7 Å². The molecule has 0 saturated carbocycles. The number of hydrogen-bond acceptors (Lipinski definition) is 6. The summed E-state index contributed by atoms with van der Waals surface area (Å²) in [6.45, 7) is 4.56. The molecule has 2 aliphatic rings. The first kappa shape index (κ1) is 28.2. The van der Waals surface area contributed by atoms with Gasteiger partial charge in [-0.1, -0.05) is 47.5 Å². The van der Waals surface area contributed by atoms with E-state index in [-0.39, 0.29) is 36.5 Å². The number of piperazine rings is 1. The highest BCUT2D eigenvalue weighted by atomic mass is 35.5. The van der Waals surface area contributed by atoms with Crippen LogP contribution < -0.4 is 25.4 Å². The van der Waals surface area contributed by atoms with E-state index in [0.29, 0.717) is 40.2 Å². The van der Waals surface area contributed by atoms with Gasteiger partial charge in [-0.25, -0.2) is 0 Å². The molecule has 40 heavy (non-hydrogen) atoms. The van der Waals surface area contributed by atoms with Gasteiger partial charge in [-0.2, -0.15) is 0 Å². The van der Waals surface area contributed by atoms with E-state index >= 15 is 0 Å². The summed E-state index contributed by atoms with van der Waals surface area (Å²) in [5.41, 5.74) is 1.02. The Labute approximate surface area is 243 Å². The third kappa shape index (κ3) is 5.63. The van der Waals surface area contributed by atoms with E-state index in [1.807, 2.05) is 68.4 Å². The summed E-state index contributed by atoms with van der Waals surface area (Å²) in [6.07, 6.45) is -0.167. The van der Waals surface area contributed by atoms with Gasteiger partial charge in [0.2, 0.25) is 5.91 Å². The van der Waals surface area contributed by atoms with Crippen molar-refractivity contribution in [2.24, 2.45) is 0 Å². The highest BCUT2D eigenvalue weighted by Gasteiger charge is 2.54. The van der Waals surface area contributed by atoms with Crippen molar-refractivity contribution in [1.82, 2.24) is 20.9 Å². The predicted octanol–water partition coefficient (Wildman–Crippen LogP) is 4.58. The first-order chi connectivity index (χ1) is 19.2. The van der Waals surface area contributed by atoms with Gasteiger partial charge in [-0.05, 0) is 61.4 Å². The number of benzene rings is 3. The second kappa shape index (κ2) is 11.7. The Hall–Kier alpha value is -3.30. The molecular weight excluding hydrogens is 551 g/mol. The number of methoxy groups -OCH3 is 1. The van der Waals surface area contributed by atoms with E-state index in [0.717, 1.165) is 11.1 Å². The summed E-state index contributed by atoms with van der Waals surface area (Å²) in [4.78, 5) is 28.5. The summed E-state index contributed by atoms with van der Waals surface area (Å²) in [5.74, 6) is 0.609. The molecule has 0 spiro atoms. The van der Waals surface area contributed by atoms with E-state index in [2.05, 4.69) is 16.0 Å². The summed E-state index contributed by atoms with van der Waals surface area (Å²) in [5, 5.41) is 11.3. The first-order valence-corrected chi connectivity index (χ1v) is 13.9. The number of amides is 2. The van der Waals surface area contributed by atoms with E-state index in [1.165, 1.54) is 0 Å². The van der Waals surface area contributed by atoms with Gasteiger partial charge in [0.1, 0.15) is 11.5 Å². The summed E-state index contributed by atoms with van der Waals surface area (Å²) in [7, 11) is 1.58. The molecule has 210 valence electrons. The highest BCUT2D eigenvalue weighted by Crippen LogP contribution is 2.45. The molecule has 10 heteroatoms. The van der Waals surface area contributed by atoms with Crippen LogP contribution in [0, 0.1) is 0 Å². The molecule has 0 bridgehead atoms. The van der Waals surface area contributed by atoms with Crippen molar-refractivity contribution < 1.29 is 19.1 Å². The Bertz CT molecular complexity index is 1330. The van der Waals surface area contributed by atoms with Gasteiger partial charge in [-0.15, -0.1) is 0 Å². The molecule has 3 aromatic carbocycles. The molecule has 1 unspecified atom stereocenters. The second-order valence-electron chi connectivity index (χ2n) is 10.2. The Morgan fingerprint density at radius 1 is 0.950 bits per heavy atom. The maximum absolute atomic E-state index is 14.6.